The Morgan fingerprint density at radius 3 is 2.76 bits per heavy atom. The predicted molar refractivity (Wildman–Crippen MR) is 95.2 cm³/mol. The van der Waals surface area contributed by atoms with Crippen molar-refractivity contribution in [3.8, 4) is 0 Å². The highest BCUT2D eigenvalue weighted by atomic mass is 19.1. The van der Waals surface area contributed by atoms with Crippen LogP contribution in [-0.4, -0.2) is 24.5 Å². The molecule has 1 atom stereocenters. The number of hydrogen-bond acceptors (Lipinski definition) is 2. The smallest absolute Gasteiger partial charge is 0.319 e. The number of anilines is 2. The normalized spacial score (nSPS) is 16.8. The Hall–Kier alpha value is -2.89. The first-order chi connectivity index (χ1) is 11.9. The van der Waals surface area contributed by atoms with E-state index in [2.05, 4.69) is 10.6 Å². The maximum Gasteiger partial charge on any atom is 0.319 e. The Bertz CT molecular complexity index is 822. The highest BCUT2D eigenvalue weighted by Gasteiger charge is 2.31. The van der Waals surface area contributed by atoms with E-state index >= 15 is 0 Å². The van der Waals surface area contributed by atoms with Gasteiger partial charge in [-0.1, -0.05) is 18.2 Å². The molecule has 6 heteroatoms. The number of urea groups is 1. The third-order valence-corrected chi connectivity index (χ3v) is 4.22. The second kappa shape index (κ2) is 6.93. The topological polar surface area (TPSA) is 61.4 Å². The molecule has 0 spiro atoms. The van der Waals surface area contributed by atoms with Crippen molar-refractivity contribution >= 4 is 23.3 Å². The summed E-state index contributed by atoms with van der Waals surface area (Å²) in [6.07, 6.45) is 0.191. The molecule has 3 amide bonds. The van der Waals surface area contributed by atoms with Crippen molar-refractivity contribution in [1.29, 1.82) is 0 Å². The first-order valence-corrected chi connectivity index (χ1v) is 8.13. The molecule has 1 aliphatic rings. The van der Waals surface area contributed by atoms with Gasteiger partial charge in [0.25, 0.3) is 0 Å². The van der Waals surface area contributed by atoms with Gasteiger partial charge in [0, 0.05) is 24.3 Å². The summed E-state index contributed by atoms with van der Waals surface area (Å²) in [4.78, 5) is 25.9. The minimum Gasteiger partial charge on any atom is -0.333 e. The van der Waals surface area contributed by atoms with Crippen molar-refractivity contribution in [2.45, 2.75) is 26.3 Å². The fourth-order valence-electron chi connectivity index (χ4n) is 2.91. The molecule has 5 nitrogen and oxygen atoms in total. The van der Waals surface area contributed by atoms with E-state index in [0.29, 0.717) is 12.2 Å². The lowest BCUT2D eigenvalue weighted by molar-refractivity contribution is -0.117. The second-order valence-corrected chi connectivity index (χ2v) is 6.30. The summed E-state index contributed by atoms with van der Waals surface area (Å²) >= 11 is 0. The fraction of sp³-hybridized carbons (Fsp3) is 0.263. The van der Waals surface area contributed by atoms with Gasteiger partial charge >= 0.3 is 6.03 Å². The average Bonchev–Trinajstić information content (AvgIpc) is 2.91. The van der Waals surface area contributed by atoms with Gasteiger partial charge in [-0.3, -0.25) is 4.79 Å². The van der Waals surface area contributed by atoms with Crippen molar-refractivity contribution < 1.29 is 14.0 Å². The van der Waals surface area contributed by atoms with Crippen LogP contribution >= 0.6 is 0 Å². The Kier molecular flexibility index (Phi) is 4.70. The Labute approximate surface area is 145 Å². The molecule has 1 fully saturated rings. The van der Waals surface area contributed by atoms with E-state index in [9.17, 15) is 14.0 Å². The zero-order valence-corrected chi connectivity index (χ0v) is 14.2. The van der Waals surface area contributed by atoms with E-state index in [0.717, 1.165) is 16.8 Å². The monoisotopic (exact) mass is 341 g/mol. The zero-order valence-electron chi connectivity index (χ0n) is 14.2. The summed E-state index contributed by atoms with van der Waals surface area (Å²) in [6, 6.07) is 11.0. The van der Waals surface area contributed by atoms with Gasteiger partial charge in [0.05, 0.1) is 6.04 Å². The maximum absolute atomic E-state index is 13.3. The third kappa shape index (κ3) is 3.96. The van der Waals surface area contributed by atoms with Crippen LogP contribution in [-0.2, 0) is 4.79 Å². The third-order valence-electron chi connectivity index (χ3n) is 4.22. The lowest BCUT2D eigenvalue weighted by atomic mass is 10.1. The van der Waals surface area contributed by atoms with Crippen molar-refractivity contribution in [3.05, 3.63) is 59.4 Å². The molecule has 130 valence electrons. The standard InChI is InChI=1S/C19H20FN3O2/c1-12-6-7-13(2)17(8-12)22-19(25)21-15-10-18(24)23(11-15)16-5-3-4-14(20)9-16/h3-9,15H,10-11H2,1-2H3,(H2,21,22,25)/t15-/m0/s1. The highest BCUT2D eigenvalue weighted by molar-refractivity contribution is 5.97. The average molecular weight is 341 g/mol. The number of halogens is 1. The molecule has 1 aliphatic heterocycles. The van der Waals surface area contributed by atoms with Gasteiger partial charge in [0.2, 0.25) is 5.91 Å². The molecule has 0 bridgehead atoms. The molecule has 0 aromatic heterocycles. The number of aryl methyl sites for hydroxylation is 2. The minimum absolute atomic E-state index is 0.136. The molecular formula is C19H20FN3O2. The van der Waals surface area contributed by atoms with Crippen molar-refractivity contribution in [2.24, 2.45) is 0 Å². The molecule has 2 N–H and O–H groups in total. The van der Waals surface area contributed by atoms with Crippen LogP contribution in [0.2, 0.25) is 0 Å². The van der Waals surface area contributed by atoms with Crippen molar-refractivity contribution in [3.63, 3.8) is 0 Å². The lowest BCUT2D eigenvalue weighted by Gasteiger charge is -2.18. The zero-order chi connectivity index (χ0) is 18.0. The van der Waals surface area contributed by atoms with Crippen LogP contribution < -0.4 is 15.5 Å². The molecule has 0 saturated carbocycles. The second-order valence-electron chi connectivity index (χ2n) is 6.30. The number of nitrogens with one attached hydrogen (secondary N) is 2. The molecule has 25 heavy (non-hydrogen) atoms. The molecule has 3 rings (SSSR count). The summed E-state index contributed by atoms with van der Waals surface area (Å²) in [5.41, 5.74) is 3.26. The predicted octanol–water partition coefficient (Wildman–Crippen LogP) is 3.37. The summed E-state index contributed by atoms with van der Waals surface area (Å²) in [5.74, 6) is -0.531. The Morgan fingerprint density at radius 1 is 1.20 bits per heavy atom. The largest absolute Gasteiger partial charge is 0.333 e. The number of amides is 3. The summed E-state index contributed by atoms with van der Waals surface area (Å²) in [7, 11) is 0. The molecular weight excluding hydrogens is 321 g/mol. The van der Waals surface area contributed by atoms with Crippen molar-refractivity contribution in [2.75, 3.05) is 16.8 Å². The lowest BCUT2D eigenvalue weighted by Crippen LogP contribution is -2.39. The van der Waals surface area contributed by atoms with E-state index in [1.165, 1.54) is 17.0 Å². The van der Waals surface area contributed by atoms with Gasteiger partial charge in [-0.15, -0.1) is 0 Å². The number of carbonyl (C=O) groups excluding carboxylic acids is 2. The van der Waals surface area contributed by atoms with Crippen LogP contribution in [0, 0.1) is 19.7 Å². The Morgan fingerprint density at radius 2 is 2.00 bits per heavy atom. The van der Waals surface area contributed by atoms with E-state index in [4.69, 9.17) is 0 Å². The van der Waals surface area contributed by atoms with Gasteiger partial charge < -0.3 is 15.5 Å². The van der Waals surface area contributed by atoms with E-state index in [1.807, 2.05) is 32.0 Å². The number of hydrogen-bond donors (Lipinski definition) is 2. The van der Waals surface area contributed by atoms with Gasteiger partial charge in [-0.25, -0.2) is 9.18 Å². The maximum atomic E-state index is 13.3. The van der Waals surface area contributed by atoms with Gasteiger partial charge in [0.1, 0.15) is 5.82 Å². The van der Waals surface area contributed by atoms with Crippen LogP contribution in [0.15, 0.2) is 42.5 Å². The minimum atomic E-state index is -0.394. The van der Waals surface area contributed by atoms with E-state index < -0.39 is 5.82 Å². The fourth-order valence-corrected chi connectivity index (χ4v) is 2.91. The molecule has 1 heterocycles. The molecule has 2 aromatic rings. The molecule has 1 saturated heterocycles. The van der Waals surface area contributed by atoms with Gasteiger partial charge in [-0.2, -0.15) is 0 Å². The van der Waals surface area contributed by atoms with Crippen LogP contribution in [0.1, 0.15) is 17.5 Å². The summed E-state index contributed by atoms with van der Waals surface area (Å²) in [6.45, 7) is 4.19. The van der Waals surface area contributed by atoms with Crippen LogP contribution in [0.4, 0.5) is 20.6 Å². The number of rotatable bonds is 3. The molecule has 0 unspecified atom stereocenters. The molecule has 0 aliphatic carbocycles. The number of carbonyl (C=O) groups is 2. The van der Waals surface area contributed by atoms with Gasteiger partial charge in [0.15, 0.2) is 0 Å². The summed E-state index contributed by atoms with van der Waals surface area (Å²) < 4.78 is 13.3. The number of benzene rings is 2. The van der Waals surface area contributed by atoms with Crippen LogP contribution in [0.5, 0.6) is 0 Å². The summed E-state index contributed by atoms with van der Waals surface area (Å²) in [5, 5.41) is 5.63. The van der Waals surface area contributed by atoms with Crippen molar-refractivity contribution in [1.82, 2.24) is 5.32 Å². The first-order valence-electron chi connectivity index (χ1n) is 8.13. The van der Waals surface area contributed by atoms with E-state index in [1.54, 1.807) is 12.1 Å². The van der Waals surface area contributed by atoms with Crippen LogP contribution in [0.3, 0.4) is 0 Å². The van der Waals surface area contributed by atoms with E-state index in [-0.39, 0.29) is 24.4 Å². The Balaban J connectivity index is 1.63. The molecule has 2 aromatic carbocycles. The quantitative estimate of drug-likeness (QED) is 0.899. The van der Waals surface area contributed by atoms with Gasteiger partial charge in [-0.05, 0) is 49.2 Å². The van der Waals surface area contributed by atoms with Crippen LogP contribution in [0.25, 0.3) is 0 Å². The SMILES string of the molecule is Cc1ccc(C)c(NC(=O)N[C@H]2CC(=O)N(c3cccc(F)c3)C2)c1. The molecule has 0 radical (unpaired) electrons. The first kappa shape index (κ1) is 17.0. The highest BCUT2D eigenvalue weighted by Crippen LogP contribution is 2.22. The number of nitrogens with zero attached hydrogens (tertiary/aromatic N) is 1.